The third-order valence-electron chi connectivity index (χ3n) is 4.40. The summed E-state index contributed by atoms with van der Waals surface area (Å²) < 4.78 is 0. The SMILES string of the molecule is Cc1sc(NC(=O)CCNC(=O)N(C)Cc2ccccc2)nc1-c1ccc(Cl)cc1. The summed E-state index contributed by atoms with van der Waals surface area (Å²) in [6, 6.07) is 16.9. The van der Waals surface area contributed by atoms with Crippen molar-refractivity contribution < 1.29 is 9.59 Å². The van der Waals surface area contributed by atoms with E-state index in [0.717, 1.165) is 21.7 Å². The molecule has 30 heavy (non-hydrogen) atoms. The zero-order chi connectivity index (χ0) is 21.5. The van der Waals surface area contributed by atoms with E-state index in [1.54, 1.807) is 11.9 Å². The largest absolute Gasteiger partial charge is 0.337 e. The third kappa shape index (κ3) is 6.05. The summed E-state index contributed by atoms with van der Waals surface area (Å²) in [6.07, 6.45) is 0.166. The molecule has 0 aliphatic rings. The zero-order valence-corrected chi connectivity index (χ0v) is 18.4. The predicted molar refractivity (Wildman–Crippen MR) is 122 cm³/mol. The first-order valence-corrected chi connectivity index (χ1v) is 10.7. The lowest BCUT2D eigenvalue weighted by Crippen LogP contribution is -2.38. The number of hydrogen-bond donors (Lipinski definition) is 2. The molecule has 0 radical (unpaired) electrons. The van der Waals surface area contributed by atoms with Gasteiger partial charge in [0.25, 0.3) is 0 Å². The van der Waals surface area contributed by atoms with Crippen molar-refractivity contribution in [3.05, 3.63) is 70.1 Å². The number of carbonyl (C=O) groups excluding carboxylic acids is 2. The molecule has 3 aromatic rings. The number of aryl methyl sites for hydroxylation is 1. The van der Waals surface area contributed by atoms with Crippen LogP contribution in [0.2, 0.25) is 5.02 Å². The molecule has 2 aromatic carbocycles. The number of rotatable bonds is 7. The topological polar surface area (TPSA) is 74.3 Å². The van der Waals surface area contributed by atoms with Gasteiger partial charge in [-0.3, -0.25) is 4.79 Å². The lowest BCUT2D eigenvalue weighted by molar-refractivity contribution is -0.116. The van der Waals surface area contributed by atoms with E-state index in [2.05, 4.69) is 15.6 Å². The number of thiazole rings is 1. The Kier molecular flexibility index (Phi) is 7.43. The lowest BCUT2D eigenvalue weighted by Gasteiger charge is -2.17. The van der Waals surface area contributed by atoms with Crippen molar-refractivity contribution in [2.45, 2.75) is 19.9 Å². The molecule has 0 bridgehead atoms. The van der Waals surface area contributed by atoms with E-state index in [1.165, 1.54) is 11.3 Å². The van der Waals surface area contributed by atoms with E-state index in [0.29, 0.717) is 16.7 Å². The molecular weight excluding hydrogens is 420 g/mol. The number of benzene rings is 2. The predicted octanol–water partition coefficient (Wildman–Crippen LogP) is 4.94. The van der Waals surface area contributed by atoms with Crippen molar-refractivity contribution in [3.63, 3.8) is 0 Å². The van der Waals surface area contributed by atoms with Gasteiger partial charge in [0.05, 0.1) is 5.69 Å². The second-order valence-electron chi connectivity index (χ2n) is 6.80. The van der Waals surface area contributed by atoms with E-state index in [-0.39, 0.29) is 24.9 Å². The average molecular weight is 443 g/mol. The molecule has 0 spiro atoms. The van der Waals surface area contributed by atoms with Gasteiger partial charge in [0.15, 0.2) is 5.13 Å². The molecule has 0 unspecified atom stereocenters. The highest BCUT2D eigenvalue weighted by Crippen LogP contribution is 2.31. The highest BCUT2D eigenvalue weighted by Gasteiger charge is 2.13. The minimum Gasteiger partial charge on any atom is -0.337 e. The molecular formula is C22H23ClN4O2S. The van der Waals surface area contributed by atoms with Crippen LogP contribution in [0.1, 0.15) is 16.9 Å². The van der Waals surface area contributed by atoms with Crippen LogP contribution >= 0.6 is 22.9 Å². The molecule has 6 nitrogen and oxygen atoms in total. The highest BCUT2D eigenvalue weighted by molar-refractivity contribution is 7.16. The van der Waals surface area contributed by atoms with Gasteiger partial charge in [-0.1, -0.05) is 54.1 Å². The fourth-order valence-corrected chi connectivity index (χ4v) is 3.83. The minimum atomic E-state index is -0.221. The molecule has 3 amide bonds. The Labute approximate surface area is 184 Å². The van der Waals surface area contributed by atoms with Gasteiger partial charge in [0, 0.05) is 42.0 Å². The summed E-state index contributed by atoms with van der Waals surface area (Å²) in [4.78, 5) is 31.5. The lowest BCUT2D eigenvalue weighted by atomic mass is 10.1. The number of aromatic nitrogens is 1. The number of hydrogen-bond acceptors (Lipinski definition) is 4. The fourth-order valence-electron chi connectivity index (χ4n) is 2.85. The summed E-state index contributed by atoms with van der Waals surface area (Å²) in [5, 5.41) is 6.77. The molecule has 0 fully saturated rings. The number of anilines is 1. The summed E-state index contributed by atoms with van der Waals surface area (Å²) in [5.74, 6) is -0.197. The first-order chi connectivity index (χ1) is 14.4. The molecule has 0 saturated heterocycles. The first kappa shape index (κ1) is 21.8. The van der Waals surface area contributed by atoms with Crippen molar-refractivity contribution in [1.29, 1.82) is 0 Å². The second-order valence-corrected chi connectivity index (χ2v) is 8.44. The Bertz CT molecular complexity index is 1010. The van der Waals surface area contributed by atoms with Gasteiger partial charge in [-0.05, 0) is 24.6 Å². The molecule has 0 aliphatic carbocycles. The van der Waals surface area contributed by atoms with E-state index >= 15 is 0 Å². The van der Waals surface area contributed by atoms with Crippen LogP contribution in [0.15, 0.2) is 54.6 Å². The van der Waals surface area contributed by atoms with Crippen LogP contribution in [-0.4, -0.2) is 35.4 Å². The van der Waals surface area contributed by atoms with Crippen molar-refractivity contribution >= 4 is 40.0 Å². The maximum atomic E-state index is 12.2. The molecule has 0 aliphatic heterocycles. The van der Waals surface area contributed by atoms with Crippen LogP contribution in [0.5, 0.6) is 0 Å². The minimum absolute atomic E-state index is 0.166. The third-order valence-corrected chi connectivity index (χ3v) is 5.54. The average Bonchev–Trinajstić information content (AvgIpc) is 3.09. The number of nitrogens with one attached hydrogen (secondary N) is 2. The summed E-state index contributed by atoms with van der Waals surface area (Å²) in [5.41, 5.74) is 2.81. The second kappa shape index (κ2) is 10.2. The number of urea groups is 1. The van der Waals surface area contributed by atoms with Gasteiger partial charge in [-0.25, -0.2) is 9.78 Å². The van der Waals surface area contributed by atoms with Crippen LogP contribution in [0.3, 0.4) is 0 Å². The molecule has 0 atom stereocenters. The van der Waals surface area contributed by atoms with Gasteiger partial charge in [-0.15, -0.1) is 11.3 Å². The van der Waals surface area contributed by atoms with Gasteiger partial charge < -0.3 is 15.5 Å². The van der Waals surface area contributed by atoms with Crippen LogP contribution in [0, 0.1) is 6.92 Å². The van der Waals surface area contributed by atoms with Crippen molar-refractivity contribution in [1.82, 2.24) is 15.2 Å². The van der Waals surface area contributed by atoms with Crippen LogP contribution in [0.25, 0.3) is 11.3 Å². The van der Waals surface area contributed by atoms with Gasteiger partial charge in [-0.2, -0.15) is 0 Å². The summed E-state index contributed by atoms with van der Waals surface area (Å²) >= 11 is 7.35. The molecule has 156 valence electrons. The number of nitrogens with zero attached hydrogens (tertiary/aromatic N) is 2. The Morgan fingerprint density at radius 1 is 1.10 bits per heavy atom. The van der Waals surface area contributed by atoms with Crippen LogP contribution in [0.4, 0.5) is 9.93 Å². The highest BCUT2D eigenvalue weighted by atomic mass is 35.5. The molecule has 3 rings (SSSR count). The monoisotopic (exact) mass is 442 g/mol. The van der Waals surface area contributed by atoms with Crippen molar-refractivity contribution in [2.24, 2.45) is 0 Å². The van der Waals surface area contributed by atoms with Gasteiger partial charge >= 0.3 is 6.03 Å². The fraction of sp³-hybridized carbons (Fsp3) is 0.227. The molecule has 2 N–H and O–H groups in total. The Morgan fingerprint density at radius 2 is 1.80 bits per heavy atom. The Morgan fingerprint density at radius 3 is 2.50 bits per heavy atom. The van der Waals surface area contributed by atoms with Gasteiger partial charge in [0.2, 0.25) is 5.91 Å². The van der Waals surface area contributed by atoms with Crippen LogP contribution in [-0.2, 0) is 11.3 Å². The quantitative estimate of drug-likeness (QED) is 0.544. The van der Waals surface area contributed by atoms with E-state index in [9.17, 15) is 9.59 Å². The van der Waals surface area contributed by atoms with Crippen LogP contribution < -0.4 is 10.6 Å². The summed E-state index contributed by atoms with van der Waals surface area (Å²) in [7, 11) is 1.72. The maximum absolute atomic E-state index is 12.2. The number of halogens is 1. The maximum Gasteiger partial charge on any atom is 0.317 e. The first-order valence-electron chi connectivity index (χ1n) is 9.48. The molecule has 1 heterocycles. The zero-order valence-electron chi connectivity index (χ0n) is 16.8. The van der Waals surface area contributed by atoms with Crippen molar-refractivity contribution in [3.8, 4) is 11.3 Å². The van der Waals surface area contributed by atoms with E-state index in [4.69, 9.17) is 11.6 Å². The Hall–Kier alpha value is -2.90. The molecule has 1 aromatic heterocycles. The normalized spacial score (nSPS) is 10.5. The van der Waals surface area contributed by atoms with Crippen molar-refractivity contribution in [2.75, 3.05) is 18.9 Å². The van der Waals surface area contributed by atoms with Gasteiger partial charge in [0.1, 0.15) is 0 Å². The van der Waals surface area contributed by atoms with E-state index < -0.39 is 0 Å². The smallest absolute Gasteiger partial charge is 0.317 e. The standard InChI is InChI=1S/C22H23ClN4O2S/c1-15-20(17-8-10-18(23)11-9-17)26-21(30-15)25-19(28)12-13-24-22(29)27(2)14-16-6-4-3-5-7-16/h3-11H,12-14H2,1-2H3,(H,24,29)(H,25,26,28). The summed E-state index contributed by atoms with van der Waals surface area (Å²) in [6.45, 7) is 2.71. The number of amides is 3. The number of carbonyl (C=O) groups is 2. The van der Waals surface area contributed by atoms with E-state index in [1.807, 2.05) is 61.5 Å². The molecule has 0 saturated carbocycles. The Balaban J connectivity index is 1.46. The molecule has 8 heteroatoms.